The summed E-state index contributed by atoms with van der Waals surface area (Å²) >= 11 is 1.45. The van der Waals surface area contributed by atoms with Crippen molar-refractivity contribution in [2.75, 3.05) is 39.6 Å². The lowest BCUT2D eigenvalue weighted by molar-refractivity contribution is 0.0720. The molecule has 0 aromatic heterocycles. The van der Waals surface area contributed by atoms with Crippen LogP contribution in [0.1, 0.15) is 29.6 Å². The number of carbonyl (C=O) groups is 1. The van der Waals surface area contributed by atoms with Gasteiger partial charge in [0.1, 0.15) is 0 Å². The highest BCUT2D eigenvalue weighted by Crippen LogP contribution is 2.26. The standard InChI is InChI=1S/C16H24N2O4S2/c1-22-11-8-17-24(20,21)13-6-7-15(23-2)14(12-13)16(19)18-9-4-3-5-10-18/h6-7,12,17H,3-5,8-11H2,1-2H3. The van der Waals surface area contributed by atoms with Crippen molar-refractivity contribution in [2.45, 2.75) is 29.1 Å². The fourth-order valence-corrected chi connectivity index (χ4v) is 4.26. The van der Waals surface area contributed by atoms with Crippen molar-refractivity contribution in [3.8, 4) is 0 Å². The lowest BCUT2D eigenvalue weighted by Gasteiger charge is -2.27. The number of hydrogen-bond acceptors (Lipinski definition) is 5. The quantitative estimate of drug-likeness (QED) is 0.585. The van der Waals surface area contributed by atoms with Gasteiger partial charge in [0.2, 0.25) is 10.0 Å². The first kappa shape index (κ1) is 19.2. The number of nitrogens with zero attached hydrogens (tertiary/aromatic N) is 1. The molecule has 0 unspecified atom stereocenters. The van der Waals surface area contributed by atoms with E-state index in [9.17, 15) is 13.2 Å². The molecular formula is C16H24N2O4S2. The molecule has 1 fully saturated rings. The number of hydrogen-bond donors (Lipinski definition) is 1. The molecule has 1 aliphatic heterocycles. The molecule has 134 valence electrons. The number of ether oxygens (including phenoxy) is 1. The van der Waals surface area contributed by atoms with Gasteiger partial charge in [-0.15, -0.1) is 11.8 Å². The van der Waals surface area contributed by atoms with Crippen LogP contribution < -0.4 is 4.72 Å². The average molecular weight is 373 g/mol. The third-order valence-corrected chi connectivity index (χ3v) is 6.21. The SMILES string of the molecule is COCCNS(=O)(=O)c1ccc(SC)c(C(=O)N2CCCCC2)c1. The summed E-state index contributed by atoms with van der Waals surface area (Å²) in [5, 5.41) is 0. The highest BCUT2D eigenvalue weighted by atomic mass is 32.2. The summed E-state index contributed by atoms with van der Waals surface area (Å²) in [6.07, 6.45) is 5.01. The third kappa shape index (κ3) is 4.72. The lowest BCUT2D eigenvalue weighted by Crippen LogP contribution is -2.36. The zero-order valence-corrected chi connectivity index (χ0v) is 15.7. The predicted molar refractivity (Wildman–Crippen MR) is 95.0 cm³/mol. The van der Waals surface area contributed by atoms with Crippen LogP contribution in [0.5, 0.6) is 0 Å². The number of benzene rings is 1. The fraction of sp³-hybridized carbons (Fsp3) is 0.562. The maximum Gasteiger partial charge on any atom is 0.255 e. The number of carbonyl (C=O) groups excluding carboxylic acids is 1. The molecule has 0 saturated carbocycles. The van der Waals surface area contributed by atoms with E-state index in [1.807, 2.05) is 11.2 Å². The van der Waals surface area contributed by atoms with Crippen LogP contribution in [-0.2, 0) is 14.8 Å². The molecule has 24 heavy (non-hydrogen) atoms. The summed E-state index contributed by atoms with van der Waals surface area (Å²) in [4.78, 5) is 15.5. The summed E-state index contributed by atoms with van der Waals surface area (Å²) in [5.74, 6) is -0.0898. The first-order valence-electron chi connectivity index (χ1n) is 7.95. The summed E-state index contributed by atoms with van der Waals surface area (Å²) in [6, 6.07) is 4.72. The van der Waals surface area contributed by atoms with Crippen LogP contribution in [-0.4, -0.2) is 58.8 Å². The third-order valence-electron chi connectivity index (χ3n) is 3.95. The number of sulfonamides is 1. The molecule has 6 nitrogen and oxygen atoms in total. The predicted octanol–water partition coefficient (Wildman–Crippen LogP) is 1.96. The van der Waals surface area contributed by atoms with Crippen LogP contribution in [0.4, 0.5) is 0 Å². The Morgan fingerprint density at radius 1 is 1.29 bits per heavy atom. The highest BCUT2D eigenvalue weighted by molar-refractivity contribution is 7.98. The maximum atomic E-state index is 12.8. The van der Waals surface area contributed by atoms with Crippen LogP contribution >= 0.6 is 11.8 Å². The van der Waals surface area contributed by atoms with Gasteiger partial charge in [-0.05, 0) is 43.7 Å². The van der Waals surface area contributed by atoms with Gasteiger partial charge < -0.3 is 9.64 Å². The van der Waals surface area contributed by atoms with E-state index >= 15 is 0 Å². The molecule has 8 heteroatoms. The van der Waals surface area contributed by atoms with Gasteiger partial charge in [-0.1, -0.05) is 0 Å². The van der Waals surface area contributed by atoms with E-state index in [1.165, 1.54) is 31.0 Å². The normalized spacial score (nSPS) is 15.5. The van der Waals surface area contributed by atoms with E-state index in [1.54, 1.807) is 6.07 Å². The van der Waals surface area contributed by atoms with Gasteiger partial charge in [0.25, 0.3) is 5.91 Å². The Hall–Kier alpha value is -1.09. The molecule has 1 aromatic carbocycles. The largest absolute Gasteiger partial charge is 0.383 e. The van der Waals surface area contributed by atoms with E-state index in [-0.39, 0.29) is 17.3 Å². The number of thioether (sulfide) groups is 1. The maximum absolute atomic E-state index is 12.8. The van der Waals surface area contributed by atoms with Gasteiger partial charge in [0.05, 0.1) is 17.1 Å². The monoisotopic (exact) mass is 372 g/mol. The Balaban J connectivity index is 2.28. The first-order valence-corrected chi connectivity index (χ1v) is 10.7. The van der Waals surface area contributed by atoms with Crippen molar-refractivity contribution in [1.29, 1.82) is 0 Å². The van der Waals surface area contributed by atoms with E-state index in [2.05, 4.69) is 4.72 Å². The molecule has 1 aliphatic rings. The minimum atomic E-state index is -3.65. The summed E-state index contributed by atoms with van der Waals surface area (Å²) in [6.45, 7) is 1.95. The fourth-order valence-electron chi connectivity index (χ4n) is 2.65. The number of piperidine rings is 1. The molecule has 1 aromatic rings. The van der Waals surface area contributed by atoms with E-state index in [0.717, 1.165) is 37.2 Å². The summed E-state index contributed by atoms with van der Waals surface area (Å²) in [7, 11) is -2.14. The molecule has 2 rings (SSSR count). The Kier molecular flexibility index (Phi) is 7.09. The van der Waals surface area contributed by atoms with Crippen molar-refractivity contribution < 1.29 is 17.9 Å². The van der Waals surface area contributed by atoms with Gasteiger partial charge in [-0.2, -0.15) is 0 Å². The molecule has 1 heterocycles. The van der Waals surface area contributed by atoms with Gasteiger partial charge in [0, 0.05) is 31.6 Å². The topological polar surface area (TPSA) is 75.7 Å². The number of rotatable bonds is 7. The van der Waals surface area contributed by atoms with Crippen molar-refractivity contribution in [1.82, 2.24) is 9.62 Å². The van der Waals surface area contributed by atoms with Gasteiger partial charge in [0.15, 0.2) is 0 Å². The van der Waals surface area contributed by atoms with Gasteiger partial charge in [-0.25, -0.2) is 13.1 Å². The van der Waals surface area contributed by atoms with Crippen molar-refractivity contribution in [2.24, 2.45) is 0 Å². The number of methoxy groups -OCH3 is 1. The smallest absolute Gasteiger partial charge is 0.255 e. The summed E-state index contributed by atoms with van der Waals surface area (Å²) in [5.41, 5.74) is 0.457. The van der Waals surface area contributed by atoms with Crippen molar-refractivity contribution in [3.63, 3.8) is 0 Å². The first-order chi connectivity index (χ1) is 11.5. The number of likely N-dealkylation sites (tertiary alicyclic amines) is 1. The molecular weight excluding hydrogens is 348 g/mol. The number of amides is 1. The second-order valence-corrected chi connectivity index (χ2v) is 8.22. The van der Waals surface area contributed by atoms with Crippen LogP contribution in [0.3, 0.4) is 0 Å². The molecule has 0 atom stereocenters. The van der Waals surface area contributed by atoms with Gasteiger partial charge >= 0.3 is 0 Å². The van der Waals surface area contributed by atoms with E-state index < -0.39 is 10.0 Å². The molecule has 1 amide bonds. The van der Waals surface area contributed by atoms with Crippen LogP contribution in [0.2, 0.25) is 0 Å². The minimum absolute atomic E-state index is 0.0898. The molecule has 0 radical (unpaired) electrons. The van der Waals surface area contributed by atoms with Gasteiger partial charge in [-0.3, -0.25) is 4.79 Å². The Labute approximate surface area is 148 Å². The van der Waals surface area contributed by atoms with Crippen molar-refractivity contribution >= 4 is 27.7 Å². The van der Waals surface area contributed by atoms with Crippen molar-refractivity contribution in [3.05, 3.63) is 23.8 Å². The Bertz CT molecular complexity index is 671. The molecule has 1 saturated heterocycles. The molecule has 0 bridgehead atoms. The Morgan fingerprint density at radius 2 is 2.00 bits per heavy atom. The average Bonchev–Trinajstić information content (AvgIpc) is 2.61. The van der Waals surface area contributed by atoms with Crippen LogP contribution in [0.15, 0.2) is 28.0 Å². The minimum Gasteiger partial charge on any atom is -0.383 e. The number of nitrogens with one attached hydrogen (secondary N) is 1. The lowest BCUT2D eigenvalue weighted by atomic mass is 10.1. The Morgan fingerprint density at radius 3 is 2.62 bits per heavy atom. The summed E-state index contributed by atoms with van der Waals surface area (Å²) < 4.78 is 32.1. The second-order valence-electron chi connectivity index (χ2n) is 5.61. The zero-order valence-electron chi connectivity index (χ0n) is 14.1. The zero-order chi connectivity index (χ0) is 17.6. The van der Waals surface area contributed by atoms with E-state index in [0.29, 0.717) is 12.2 Å². The van der Waals surface area contributed by atoms with Crippen LogP contribution in [0, 0.1) is 0 Å². The van der Waals surface area contributed by atoms with E-state index in [4.69, 9.17) is 4.74 Å². The second kappa shape index (κ2) is 8.84. The van der Waals surface area contributed by atoms with Crippen LogP contribution in [0.25, 0.3) is 0 Å². The molecule has 0 aliphatic carbocycles. The highest BCUT2D eigenvalue weighted by Gasteiger charge is 2.23. The molecule has 0 spiro atoms. The molecule has 1 N–H and O–H groups in total.